The summed E-state index contributed by atoms with van der Waals surface area (Å²) in [5.74, 6) is 0. The van der Waals surface area contributed by atoms with Gasteiger partial charge in [-0.05, 0) is 47.3 Å². The molecule has 182 valence electrons. The third-order valence-electron chi connectivity index (χ3n) is 7.67. The third kappa shape index (κ3) is 3.44. The summed E-state index contributed by atoms with van der Waals surface area (Å²) in [5.41, 5.74) is 8.88. The molecule has 39 heavy (non-hydrogen) atoms. The molecule has 0 aliphatic heterocycles. The second-order valence-electron chi connectivity index (χ2n) is 9.90. The Balaban J connectivity index is 1.39. The van der Waals surface area contributed by atoms with Crippen LogP contribution in [0.1, 0.15) is 0 Å². The average molecular weight is 498 g/mol. The van der Waals surface area contributed by atoms with Crippen molar-refractivity contribution in [1.82, 2.24) is 14.5 Å². The molecule has 0 N–H and O–H groups in total. The molecule has 0 aliphatic rings. The molecule has 0 spiro atoms. The smallest absolute Gasteiger partial charge is 0.0781 e. The molecule has 0 aliphatic carbocycles. The van der Waals surface area contributed by atoms with E-state index >= 15 is 0 Å². The van der Waals surface area contributed by atoms with E-state index in [1.807, 2.05) is 18.5 Å². The summed E-state index contributed by atoms with van der Waals surface area (Å²) in [6, 6.07) is 45.2. The maximum absolute atomic E-state index is 4.79. The molecule has 0 atom stereocenters. The highest BCUT2D eigenvalue weighted by molar-refractivity contribution is 6.11. The van der Waals surface area contributed by atoms with Crippen molar-refractivity contribution in [1.29, 1.82) is 0 Å². The molecule has 0 unspecified atom stereocenters. The molecule has 5 aromatic carbocycles. The van der Waals surface area contributed by atoms with Crippen LogP contribution in [-0.4, -0.2) is 14.5 Å². The standard InChI is InChI=1S/C36H23N3/c1-2-13-29-24(8-1)19-21-38-36(29)27-10-5-12-28(22-27)39-33-16-4-3-14-31(33)32-18-17-26(23-34(32)39)30-15-6-9-25-11-7-20-37-35(25)30/h1-23H. The number of rotatable bonds is 3. The Labute approximate surface area is 225 Å². The van der Waals surface area contributed by atoms with Crippen molar-refractivity contribution in [3.8, 4) is 28.1 Å². The summed E-state index contributed by atoms with van der Waals surface area (Å²) >= 11 is 0. The summed E-state index contributed by atoms with van der Waals surface area (Å²) in [6.07, 6.45) is 3.77. The Morgan fingerprint density at radius 1 is 0.462 bits per heavy atom. The van der Waals surface area contributed by atoms with Crippen LogP contribution in [0.3, 0.4) is 0 Å². The van der Waals surface area contributed by atoms with E-state index in [1.54, 1.807) is 0 Å². The van der Waals surface area contributed by atoms with Crippen molar-refractivity contribution < 1.29 is 0 Å². The van der Waals surface area contributed by atoms with Gasteiger partial charge in [0, 0.05) is 50.8 Å². The fourth-order valence-electron chi connectivity index (χ4n) is 5.90. The fourth-order valence-corrected chi connectivity index (χ4v) is 5.90. The van der Waals surface area contributed by atoms with Gasteiger partial charge in [0.25, 0.3) is 0 Å². The first-order valence-electron chi connectivity index (χ1n) is 13.2. The van der Waals surface area contributed by atoms with Gasteiger partial charge in [-0.1, -0.05) is 91.0 Å². The van der Waals surface area contributed by atoms with Gasteiger partial charge in [-0.3, -0.25) is 9.97 Å². The van der Waals surface area contributed by atoms with Crippen molar-refractivity contribution in [3.63, 3.8) is 0 Å². The number of hydrogen-bond acceptors (Lipinski definition) is 2. The number of hydrogen-bond donors (Lipinski definition) is 0. The van der Waals surface area contributed by atoms with E-state index in [0.717, 1.165) is 44.4 Å². The molecule has 8 aromatic rings. The normalized spacial score (nSPS) is 11.6. The van der Waals surface area contributed by atoms with Crippen molar-refractivity contribution in [2.24, 2.45) is 0 Å². The first-order valence-corrected chi connectivity index (χ1v) is 13.2. The van der Waals surface area contributed by atoms with E-state index in [9.17, 15) is 0 Å². The van der Waals surface area contributed by atoms with Crippen molar-refractivity contribution in [2.45, 2.75) is 0 Å². The van der Waals surface area contributed by atoms with Gasteiger partial charge in [0.15, 0.2) is 0 Å². The molecule has 3 nitrogen and oxygen atoms in total. The number of fused-ring (bicyclic) bond motifs is 5. The van der Waals surface area contributed by atoms with E-state index < -0.39 is 0 Å². The predicted octanol–water partition coefficient (Wildman–Crippen LogP) is 9.21. The van der Waals surface area contributed by atoms with Crippen LogP contribution in [0.4, 0.5) is 0 Å². The monoisotopic (exact) mass is 497 g/mol. The van der Waals surface area contributed by atoms with Gasteiger partial charge < -0.3 is 4.57 Å². The molecular weight excluding hydrogens is 474 g/mol. The SMILES string of the molecule is c1cc(-c2nccc3ccccc23)cc(-n2c3ccccc3c3ccc(-c4cccc5cccnc45)cc32)c1. The molecule has 0 fully saturated rings. The number of aromatic nitrogens is 3. The molecular formula is C36H23N3. The second kappa shape index (κ2) is 8.64. The molecule has 3 heterocycles. The summed E-state index contributed by atoms with van der Waals surface area (Å²) in [4.78, 5) is 9.51. The first kappa shape index (κ1) is 21.8. The van der Waals surface area contributed by atoms with E-state index in [2.05, 4.69) is 126 Å². The van der Waals surface area contributed by atoms with Crippen LogP contribution in [0.15, 0.2) is 140 Å². The van der Waals surface area contributed by atoms with Crippen LogP contribution in [0.5, 0.6) is 0 Å². The van der Waals surface area contributed by atoms with E-state index in [4.69, 9.17) is 9.97 Å². The van der Waals surface area contributed by atoms with E-state index in [-0.39, 0.29) is 0 Å². The lowest BCUT2D eigenvalue weighted by atomic mass is 10.0. The van der Waals surface area contributed by atoms with Crippen LogP contribution >= 0.6 is 0 Å². The molecule has 0 saturated heterocycles. The van der Waals surface area contributed by atoms with Crippen LogP contribution < -0.4 is 0 Å². The maximum Gasteiger partial charge on any atom is 0.0781 e. The Kier molecular flexibility index (Phi) is 4.82. The summed E-state index contributed by atoms with van der Waals surface area (Å²) < 4.78 is 2.38. The highest BCUT2D eigenvalue weighted by Crippen LogP contribution is 2.37. The molecule has 8 rings (SSSR count). The molecule has 0 bridgehead atoms. The van der Waals surface area contributed by atoms with E-state index in [1.165, 1.54) is 27.2 Å². The Morgan fingerprint density at radius 2 is 1.26 bits per heavy atom. The lowest BCUT2D eigenvalue weighted by molar-refractivity contribution is 1.18. The zero-order chi connectivity index (χ0) is 25.8. The minimum Gasteiger partial charge on any atom is -0.309 e. The van der Waals surface area contributed by atoms with Gasteiger partial charge in [-0.2, -0.15) is 0 Å². The molecule has 3 aromatic heterocycles. The Morgan fingerprint density at radius 3 is 2.23 bits per heavy atom. The van der Waals surface area contributed by atoms with Gasteiger partial charge in [0.1, 0.15) is 0 Å². The molecule has 3 heteroatoms. The number of pyridine rings is 2. The van der Waals surface area contributed by atoms with Crippen molar-refractivity contribution >= 4 is 43.5 Å². The lowest BCUT2D eigenvalue weighted by Gasteiger charge is -2.12. The van der Waals surface area contributed by atoms with Crippen molar-refractivity contribution in [2.75, 3.05) is 0 Å². The van der Waals surface area contributed by atoms with Gasteiger partial charge in [0.05, 0.1) is 22.2 Å². The first-order chi connectivity index (χ1) is 19.3. The summed E-state index contributed by atoms with van der Waals surface area (Å²) in [7, 11) is 0. The van der Waals surface area contributed by atoms with Crippen LogP contribution in [0.2, 0.25) is 0 Å². The maximum atomic E-state index is 4.79. The summed E-state index contributed by atoms with van der Waals surface area (Å²) in [6.45, 7) is 0. The minimum absolute atomic E-state index is 0.998. The summed E-state index contributed by atoms with van der Waals surface area (Å²) in [5, 5.41) is 5.97. The quantitative estimate of drug-likeness (QED) is 0.244. The zero-order valence-corrected chi connectivity index (χ0v) is 21.1. The lowest BCUT2D eigenvalue weighted by Crippen LogP contribution is -1.95. The second-order valence-corrected chi connectivity index (χ2v) is 9.90. The van der Waals surface area contributed by atoms with Crippen LogP contribution in [-0.2, 0) is 0 Å². The Bertz CT molecular complexity index is 2180. The van der Waals surface area contributed by atoms with E-state index in [0.29, 0.717) is 0 Å². The predicted molar refractivity (Wildman–Crippen MR) is 162 cm³/mol. The van der Waals surface area contributed by atoms with Gasteiger partial charge in [-0.25, -0.2) is 0 Å². The average Bonchev–Trinajstić information content (AvgIpc) is 3.34. The fraction of sp³-hybridized carbons (Fsp3) is 0. The third-order valence-corrected chi connectivity index (χ3v) is 7.67. The van der Waals surface area contributed by atoms with Gasteiger partial charge >= 0.3 is 0 Å². The van der Waals surface area contributed by atoms with Crippen LogP contribution in [0, 0.1) is 0 Å². The highest BCUT2D eigenvalue weighted by Gasteiger charge is 2.15. The minimum atomic E-state index is 0.998. The number of nitrogens with zero attached hydrogens (tertiary/aromatic N) is 3. The topological polar surface area (TPSA) is 30.7 Å². The molecule has 0 radical (unpaired) electrons. The van der Waals surface area contributed by atoms with Crippen molar-refractivity contribution in [3.05, 3.63) is 140 Å². The van der Waals surface area contributed by atoms with Crippen LogP contribution in [0.25, 0.3) is 71.6 Å². The number of para-hydroxylation sites is 2. The largest absolute Gasteiger partial charge is 0.309 e. The highest BCUT2D eigenvalue weighted by atomic mass is 15.0. The van der Waals surface area contributed by atoms with Gasteiger partial charge in [0.2, 0.25) is 0 Å². The zero-order valence-electron chi connectivity index (χ0n) is 21.1. The molecule has 0 saturated carbocycles. The molecule has 0 amide bonds. The Hall–Kier alpha value is -5.28. The van der Waals surface area contributed by atoms with Gasteiger partial charge in [-0.15, -0.1) is 0 Å². The number of benzene rings is 5.